The largest absolute Gasteiger partial charge is 0.439 e. The molecule has 4 nitrogen and oxygen atoms in total. The molecule has 1 fully saturated rings. The monoisotopic (exact) mass is 434 g/mol. The number of aromatic nitrogens is 1. The summed E-state index contributed by atoms with van der Waals surface area (Å²) >= 11 is 6.05. The average molecular weight is 435 g/mol. The minimum absolute atomic E-state index is 0.0541. The predicted octanol–water partition coefficient (Wildman–Crippen LogP) is 5.95. The molecule has 3 aromatic carbocycles. The van der Waals surface area contributed by atoms with Gasteiger partial charge in [0.2, 0.25) is 11.8 Å². The van der Waals surface area contributed by atoms with Crippen LogP contribution in [-0.2, 0) is 17.9 Å². The summed E-state index contributed by atoms with van der Waals surface area (Å²) < 4.78 is 19.2. The highest BCUT2D eigenvalue weighted by molar-refractivity contribution is 6.31. The molecule has 1 aromatic heterocycles. The maximum atomic E-state index is 13.4. The second kappa shape index (κ2) is 8.16. The van der Waals surface area contributed by atoms with Crippen LogP contribution in [-0.4, -0.2) is 15.8 Å². The highest BCUT2D eigenvalue weighted by atomic mass is 35.5. The van der Waals surface area contributed by atoms with Crippen LogP contribution in [0.15, 0.2) is 77.2 Å². The Labute approximate surface area is 184 Å². The molecule has 6 heteroatoms. The molecule has 156 valence electrons. The van der Waals surface area contributed by atoms with Crippen molar-refractivity contribution in [1.82, 2.24) is 9.88 Å². The van der Waals surface area contributed by atoms with E-state index < -0.39 is 0 Å². The van der Waals surface area contributed by atoms with Crippen LogP contribution in [0.4, 0.5) is 4.39 Å². The van der Waals surface area contributed by atoms with Gasteiger partial charge in [-0.05, 0) is 53.8 Å². The van der Waals surface area contributed by atoms with Gasteiger partial charge in [0.05, 0.1) is 6.54 Å². The Hall–Kier alpha value is -3.18. The number of benzene rings is 3. The summed E-state index contributed by atoms with van der Waals surface area (Å²) in [7, 11) is 0. The van der Waals surface area contributed by atoms with Crippen LogP contribution in [0.1, 0.15) is 29.4 Å². The van der Waals surface area contributed by atoms with Crippen LogP contribution in [0.5, 0.6) is 0 Å². The molecule has 1 unspecified atom stereocenters. The van der Waals surface area contributed by atoms with E-state index in [2.05, 4.69) is 17.1 Å². The van der Waals surface area contributed by atoms with Crippen LogP contribution in [0, 0.1) is 11.7 Å². The van der Waals surface area contributed by atoms with Gasteiger partial charge >= 0.3 is 0 Å². The lowest BCUT2D eigenvalue weighted by molar-refractivity contribution is -0.134. The van der Waals surface area contributed by atoms with Gasteiger partial charge in [0.1, 0.15) is 11.3 Å². The molecule has 5 rings (SSSR count). The molecular weight excluding hydrogens is 415 g/mol. The first-order valence-corrected chi connectivity index (χ1v) is 10.6. The number of nitrogens with zero attached hydrogens (tertiary/aromatic N) is 2. The van der Waals surface area contributed by atoms with Gasteiger partial charge in [-0.2, -0.15) is 0 Å². The normalized spacial score (nSPS) is 17.6. The smallest absolute Gasteiger partial charge is 0.227 e. The van der Waals surface area contributed by atoms with Crippen molar-refractivity contribution in [2.24, 2.45) is 5.92 Å². The molecule has 0 radical (unpaired) electrons. The molecule has 2 atom stereocenters. The van der Waals surface area contributed by atoms with E-state index in [1.54, 1.807) is 35.2 Å². The van der Waals surface area contributed by atoms with Crippen molar-refractivity contribution in [3.05, 3.63) is 101 Å². The summed E-state index contributed by atoms with van der Waals surface area (Å²) in [6, 6.07) is 21.6. The van der Waals surface area contributed by atoms with E-state index in [0.717, 1.165) is 12.0 Å². The lowest BCUT2D eigenvalue weighted by atomic mass is 10.1. The van der Waals surface area contributed by atoms with E-state index >= 15 is 0 Å². The Morgan fingerprint density at radius 1 is 1.06 bits per heavy atom. The van der Waals surface area contributed by atoms with Gasteiger partial charge in [0.15, 0.2) is 5.58 Å². The van der Waals surface area contributed by atoms with E-state index in [-0.39, 0.29) is 30.1 Å². The number of fused-ring (bicyclic) bond motifs is 1. The summed E-state index contributed by atoms with van der Waals surface area (Å²) in [5, 5.41) is 0.579. The lowest BCUT2D eigenvalue weighted by Gasteiger charge is -2.22. The quantitative estimate of drug-likeness (QED) is 0.376. The third-order valence-electron chi connectivity index (χ3n) is 5.65. The fraction of sp³-hybridized carbons (Fsp3) is 0.200. The summed E-state index contributed by atoms with van der Waals surface area (Å²) in [5.74, 6) is 0.362. The summed E-state index contributed by atoms with van der Waals surface area (Å²) in [6.45, 7) is 0.594. The summed E-state index contributed by atoms with van der Waals surface area (Å²) in [4.78, 5) is 19.6. The Bertz CT molecular complexity index is 1220. The molecule has 0 aliphatic heterocycles. The maximum Gasteiger partial charge on any atom is 0.227 e. The van der Waals surface area contributed by atoms with E-state index in [0.29, 0.717) is 28.6 Å². The van der Waals surface area contributed by atoms with Crippen molar-refractivity contribution < 1.29 is 13.6 Å². The van der Waals surface area contributed by atoms with Gasteiger partial charge < -0.3 is 9.32 Å². The Morgan fingerprint density at radius 3 is 2.61 bits per heavy atom. The molecule has 0 spiro atoms. The maximum absolute atomic E-state index is 13.4. The zero-order chi connectivity index (χ0) is 21.4. The zero-order valence-electron chi connectivity index (χ0n) is 16.7. The number of amides is 1. The van der Waals surface area contributed by atoms with Crippen LogP contribution >= 0.6 is 11.6 Å². The van der Waals surface area contributed by atoms with E-state index in [9.17, 15) is 9.18 Å². The molecule has 1 amide bonds. The molecule has 4 aromatic rings. The first-order valence-electron chi connectivity index (χ1n) is 10.2. The number of hydrogen-bond acceptors (Lipinski definition) is 3. The highest BCUT2D eigenvalue weighted by Gasteiger charge is 2.45. The Morgan fingerprint density at radius 2 is 1.84 bits per heavy atom. The van der Waals surface area contributed by atoms with Crippen molar-refractivity contribution >= 4 is 28.6 Å². The van der Waals surface area contributed by atoms with Crippen LogP contribution in [0.3, 0.4) is 0 Å². The fourth-order valence-electron chi connectivity index (χ4n) is 3.97. The number of oxazole rings is 1. The molecule has 0 saturated heterocycles. The van der Waals surface area contributed by atoms with Gasteiger partial charge in [-0.3, -0.25) is 4.79 Å². The van der Waals surface area contributed by atoms with Crippen LogP contribution in [0.25, 0.3) is 11.1 Å². The van der Waals surface area contributed by atoms with Gasteiger partial charge in [-0.1, -0.05) is 54.1 Å². The van der Waals surface area contributed by atoms with E-state index in [4.69, 9.17) is 16.0 Å². The van der Waals surface area contributed by atoms with Crippen molar-refractivity contribution in [2.75, 3.05) is 0 Å². The number of carbonyl (C=O) groups is 1. The van der Waals surface area contributed by atoms with E-state index in [1.807, 2.05) is 18.2 Å². The van der Waals surface area contributed by atoms with Crippen LogP contribution in [0.2, 0.25) is 5.02 Å². The summed E-state index contributed by atoms with van der Waals surface area (Å²) in [6.07, 6.45) is 0.825. The molecule has 0 N–H and O–H groups in total. The fourth-order valence-corrected chi connectivity index (χ4v) is 4.14. The Balaban J connectivity index is 1.39. The van der Waals surface area contributed by atoms with Crippen molar-refractivity contribution in [1.29, 1.82) is 0 Å². The van der Waals surface area contributed by atoms with Gasteiger partial charge in [-0.15, -0.1) is 0 Å². The lowest BCUT2D eigenvalue weighted by Crippen LogP contribution is -2.32. The number of carbonyl (C=O) groups excluding carboxylic acids is 1. The third-order valence-corrected chi connectivity index (χ3v) is 5.89. The number of hydrogen-bond donors (Lipinski definition) is 0. The second-order valence-corrected chi connectivity index (χ2v) is 8.34. The summed E-state index contributed by atoms with van der Waals surface area (Å²) in [5.41, 5.74) is 3.32. The molecule has 31 heavy (non-hydrogen) atoms. The SMILES string of the molecule is O=C(C1C[C@@H]1c1ccccc1)N(Cc1ccc(F)cc1)Cc1nc2cc(Cl)ccc2o1. The zero-order valence-corrected chi connectivity index (χ0v) is 17.4. The Kier molecular flexibility index (Phi) is 5.20. The highest BCUT2D eigenvalue weighted by Crippen LogP contribution is 2.48. The second-order valence-electron chi connectivity index (χ2n) is 7.90. The first-order chi connectivity index (χ1) is 15.1. The van der Waals surface area contributed by atoms with Gasteiger partial charge in [0, 0.05) is 17.5 Å². The van der Waals surface area contributed by atoms with Gasteiger partial charge in [-0.25, -0.2) is 9.37 Å². The van der Waals surface area contributed by atoms with E-state index in [1.165, 1.54) is 17.7 Å². The molecule has 0 bridgehead atoms. The van der Waals surface area contributed by atoms with Crippen molar-refractivity contribution in [3.8, 4) is 0 Å². The number of halogens is 2. The molecule has 1 aliphatic rings. The minimum Gasteiger partial charge on any atom is -0.439 e. The first kappa shape index (κ1) is 19.8. The molecule has 1 saturated carbocycles. The molecular formula is C25H20ClFN2O2. The topological polar surface area (TPSA) is 46.3 Å². The number of rotatable bonds is 6. The van der Waals surface area contributed by atoms with Crippen molar-refractivity contribution in [3.63, 3.8) is 0 Å². The molecule has 1 aliphatic carbocycles. The predicted molar refractivity (Wildman–Crippen MR) is 117 cm³/mol. The minimum atomic E-state index is -0.302. The molecule has 1 heterocycles. The standard InChI is InChI=1S/C25H20ClFN2O2/c26-18-8-11-23-22(12-18)28-24(31-23)15-29(14-16-6-9-19(27)10-7-16)25(30)21-13-20(21)17-4-2-1-3-5-17/h1-12,20-21H,13-15H2/t20-,21?/m1/s1. The van der Waals surface area contributed by atoms with Crippen LogP contribution < -0.4 is 0 Å². The van der Waals surface area contributed by atoms with Crippen molar-refractivity contribution in [2.45, 2.75) is 25.4 Å². The average Bonchev–Trinajstić information content (AvgIpc) is 3.48. The third kappa shape index (κ3) is 4.32. The van der Waals surface area contributed by atoms with Gasteiger partial charge in [0.25, 0.3) is 0 Å².